The molecule has 0 radical (unpaired) electrons. The van der Waals surface area contributed by atoms with Gasteiger partial charge in [-0.15, -0.1) is 0 Å². The van der Waals surface area contributed by atoms with Crippen LogP contribution in [0.4, 0.5) is 5.82 Å². The van der Waals surface area contributed by atoms with Crippen molar-refractivity contribution < 1.29 is 4.52 Å². The van der Waals surface area contributed by atoms with Crippen LogP contribution in [0.25, 0.3) is 11.5 Å². The molecule has 0 saturated heterocycles. The SMILES string of the molecule is Nc1cc(-c2cccc(=O)[nH]2)on1. The molecule has 0 unspecified atom stereocenters. The van der Waals surface area contributed by atoms with Gasteiger partial charge in [0.25, 0.3) is 0 Å². The van der Waals surface area contributed by atoms with Crippen LogP contribution in [-0.4, -0.2) is 10.1 Å². The van der Waals surface area contributed by atoms with Gasteiger partial charge in [-0.2, -0.15) is 0 Å². The Balaban J connectivity index is 2.52. The van der Waals surface area contributed by atoms with Crippen LogP contribution in [-0.2, 0) is 0 Å². The van der Waals surface area contributed by atoms with Gasteiger partial charge in [0.1, 0.15) is 0 Å². The molecular formula is C8H7N3O2. The minimum atomic E-state index is -0.188. The standard InChI is InChI=1S/C8H7N3O2/c9-7-4-6(13-11-7)5-2-1-3-8(12)10-5/h1-4H,(H2,9,11)(H,10,12). The topological polar surface area (TPSA) is 84.9 Å². The molecule has 2 aromatic rings. The van der Waals surface area contributed by atoms with Gasteiger partial charge in [0.15, 0.2) is 11.6 Å². The Morgan fingerprint density at radius 3 is 2.92 bits per heavy atom. The second-order valence-corrected chi connectivity index (χ2v) is 2.54. The Labute approximate surface area is 73.2 Å². The van der Waals surface area contributed by atoms with Gasteiger partial charge < -0.3 is 15.2 Å². The number of nitrogens with one attached hydrogen (secondary N) is 1. The number of hydrogen-bond donors (Lipinski definition) is 2. The third-order valence-electron chi connectivity index (χ3n) is 1.56. The van der Waals surface area contributed by atoms with E-state index in [4.69, 9.17) is 10.3 Å². The molecule has 66 valence electrons. The fraction of sp³-hybridized carbons (Fsp3) is 0. The molecule has 0 atom stereocenters. The zero-order valence-corrected chi connectivity index (χ0v) is 6.65. The van der Waals surface area contributed by atoms with Crippen LogP contribution < -0.4 is 11.3 Å². The number of rotatable bonds is 1. The first-order valence-electron chi connectivity index (χ1n) is 3.67. The fourth-order valence-corrected chi connectivity index (χ4v) is 1.01. The molecule has 0 bridgehead atoms. The van der Waals surface area contributed by atoms with E-state index in [1.54, 1.807) is 18.2 Å². The Kier molecular flexibility index (Phi) is 1.63. The third kappa shape index (κ3) is 1.44. The van der Waals surface area contributed by atoms with Crippen LogP contribution in [0.1, 0.15) is 0 Å². The predicted molar refractivity (Wildman–Crippen MR) is 47.0 cm³/mol. The predicted octanol–water partition coefficient (Wildman–Crippen LogP) is 0.612. The number of nitrogens with two attached hydrogens (primary N) is 1. The molecular weight excluding hydrogens is 170 g/mol. The van der Waals surface area contributed by atoms with Crippen molar-refractivity contribution in [3.63, 3.8) is 0 Å². The van der Waals surface area contributed by atoms with Crippen molar-refractivity contribution in [2.45, 2.75) is 0 Å². The van der Waals surface area contributed by atoms with Crippen molar-refractivity contribution >= 4 is 5.82 Å². The van der Waals surface area contributed by atoms with E-state index in [0.717, 1.165) is 0 Å². The quantitative estimate of drug-likeness (QED) is 0.668. The molecule has 0 aliphatic carbocycles. The second-order valence-electron chi connectivity index (χ2n) is 2.54. The van der Waals surface area contributed by atoms with Gasteiger partial charge in [0.2, 0.25) is 5.56 Å². The lowest BCUT2D eigenvalue weighted by Crippen LogP contribution is -2.02. The Bertz CT molecular complexity index is 472. The van der Waals surface area contributed by atoms with Crippen LogP contribution in [0.5, 0.6) is 0 Å². The van der Waals surface area contributed by atoms with Crippen LogP contribution >= 0.6 is 0 Å². The van der Waals surface area contributed by atoms with Gasteiger partial charge in [-0.05, 0) is 6.07 Å². The molecule has 0 amide bonds. The van der Waals surface area contributed by atoms with Gasteiger partial charge in [-0.3, -0.25) is 4.79 Å². The summed E-state index contributed by atoms with van der Waals surface area (Å²) in [5.41, 5.74) is 5.74. The summed E-state index contributed by atoms with van der Waals surface area (Å²) >= 11 is 0. The van der Waals surface area contributed by atoms with Gasteiger partial charge >= 0.3 is 0 Å². The van der Waals surface area contributed by atoms with E-state index < -0.39 is 0 Å². The number of anilines is 1. The molecule has 13 heavy (non-hydrogen) atoms. The number of aromatic amines is 1. The maximum Gasteiger partial charge on any atom is 0.248 e. The van der Waals surface area contributed by atoms with Gasteiger partial charge in [-0.25, -0.2) is 0 Å². The number of pyridine rings is 1. The first kappa shape index (κ1) is 7.60. The molecule has 2 rings (SSSR count). The fourth-order valence-electron chi connectivity index (χ4n) is 1.01. The van der Waals surface area contributed by atoms with Gasteiger partial charge in [0.05, 0.1) is 5.69 Å². The van der Waals surface area contributed by atoms with E-state index in [-0.39, 0.29) is 5.56 Å². The Morgan fingerprint density at radius 2 is 2.31 bits per heavy atom. The van der Waals surface area contributed by atoms with E-state index in [0.29, 0.717) is 17.3 Å². The summed E-state index contributed by atoms with van der Waals surface area (Å²) < 4.78 is 4.86. The summed E-state index contributed by atoms with van der Waals surface area (Å²) in [4.78, 5) is 13.5. The minimum Gasteiger partial charge on any atom is -0.381 e. The molecule has 5 heteroatoms. The lowest BCUT2D eigenvalue weighted by Gasteiger charge is -1.91. The molecule has 0 aliphatic rings. The second kappa shape index (κ2) is 2.78. The number of nitrogens with zero attached hydrogens (tertiary/aromatic N) is 1. The van der Waals surface area contributed by atoms with Crippen molar-refractivity contribution in [2.75, 3.05) is 5.73 Å². The maximum atomic E-state index is 10.9. The summed E-state index contributed by atoms with van der Waals surface area (Å²) in [5, 5.41) is 3.50. The van der Waals surface area contributed by atoms with E-state index in [2.05, 4.69) is 10.1 Å². The molecule has 2 aromatic heterocycles. The highest BCUT2D eigenvalue weighted by atomic mass is 16.5. The van der Waals surface area contributed by atoms with Crippen molar-refractivity contribution in [1.82, 2.24) is 10.1 Å². The van der Waals surface area contributed by atoms with Crippen molar-refractivity contribution in [3.8, 4) is 11.5 Å². The monoisotopic (exact) mass is 177 g/mol. The number of nitrogen functional groups attached to an aromatic ring is 1. The van der Waals surface area contributed by atoms with E-state index in [1.807, 2.05) is 0 Å². The molecule has 5 nitrogen and oxygen atoms in total. The Morgan fingerprint density at radius 1 is 1.46 bits per heavy atom. The summed E-state index contributed by atoms with van der Waals surface area (Å²) in [5.74, 6) is 0.745. The zero-order valence-electron chi connectivity index (χ0n) is 6.65. The van der Waals surface area contributed by atoms with Crippen molar-refractivity contribution in [1.29, 1.82) is 0 Å². The smallest absolute Gasteiger partial charge is 0.248 e. The average Bonchev–Trinajstić information content (AvgIpc) is 2.52. The summed E-state index contributed by atoms with van der Waals surface area (Å²) in [6.07, 6.45) is 0. The zero-order chi connectivity index (χ0) is 9.26. The number of H-pyrrole nitrogens is 1. The molecule has 3 N–H and O–H groups in total. The number of hydrogen-bond acceptors (Lipinski definition) is 4. The maximum absolute atomic E-state index is 10.9. The van der Waals surface area contributed by atoms with Crippen LogP contribution in [0.3, 0.4) is 0 Å². The molecule has 0 fully saturated rings. The first-order valence-corrected chi connectivity index (χ1v) is 3.67. The van der Waals surface area contributed by atoms with E-state index in [9.17, 15) is 4.79 Å². The summed E-state index contributed by atoms with van der Waals surface area (Å²) in [6.45, 7) is 0. The highest BCUT2D eigenvalue weighted by Gasteiger charge is 2.03. The van der Waals surface area contributed by atoms with Crippen LogP contribution in [0, 0.1) is 0 Å². The molecule has 0 saturated carbocycles. The average molecular weight is 177 g/mol. The Hall–Kier alpha value is -2.04. The largest absolute Gasteiger partial charge is 0.381 e. The molecule has 2 heterocycles. The lowest BCUT2D eigenvalue weighted by molar-refractivity contribution is 0.434. The highest BCUT2D eigenvalue weighted by Crippen LogP contribution is 2.16. The summed E-state index contributed by atoms with van der Waals surface area (Å²) in [6, 6.07) is 6.31. The van der Waals surface area contributed by atoms with Crippen molar-refractivity contribution in [3.05, 3.63) is 34.6 Å². The highest BCUT2D eigenvalue weighted by molar-refractivity contribution is 5.54. The van der Waals surface area contributed by atoms with Crippen molar-refractivity contribution in [2.24, 2.45) is 0 Å². The molecule has 0 aromatic carbocycles. The van der Waals surface area contributed by atoms with E-state index >= 15 is 0 Å². The summed E-state index contributed by atoms with van der Waals surface area (Å²) in [7, 11) is 0. The lowest BCUT2D eigenvalue weighted by atomic mass is 10.3. The third-order valence-corrected chi connectivity index (χ3v) is 1.56. The van der Waals surface area contributed by atoms with E-state index in [1.165, 1.54) is 6.07 Å². The van der Waals surface area contributed by atoms with Crippen LogP contribution in [0.2, 0.25) is 0 Å². The molecule has 0 spiro atoms. The normalized spacial score (nSPS) is 10.2. The van der Waals surface area contributed by atoms with Crippen LogP contribution in [0.15, 0.2) is 33.6 Å². The van der Waals surface area contributed by atoms with Gasteiger partial charge in [0, 0.05) is 12.1 Å². The molecule has 0 aliphatic heterocycles. The first-order chi connectivity index (χ1) is 6.25. The number of aromatic nitrogens is 2. The van der Waals surface area contributed by atoms with Gasteiger partial charge in [-0.1, -0.05) is 11.2 Å². The minimum absolute atomic E-state index is 0.188.